The Bertz CT molecular complexity index is 1070. The van der Waals surface area contributed by atoms with Gasteiger partial charge in [-0.1, -0.05) is 6.07 Å². The second kappa shape index (κ2) is 11.6. The van der Waals surface area contributed by atoms with Crippen LogP contribution < -0.4 is 14.2 Å². The molecule has 0 saturated carbocycles. The first-order valence-electron chi connectivity index (χ1n) is 12.6. The number of methoxy groups -OCH3 is 2. The number of hydrogen-bond donors (Lipinski definition) is 0. The molecule has 4 rings (SSSR count). The topological polar surface area (TPSA) is 77.5 Å². The fourth-order valence-corrected chi connectivity index (χ4v) is 5.07. The predicted molar refractivity (Wildman–Crippen MR) is 136 cm³/mol. The minimum absolute atomic E-state index is 0.188. The molecule has 0 fully saturated rings. The molecule has 0 N–H and O–H groups in total. The molecule has 0 aromatic heterocycles. The minimum atomic E-state index is -0.682. The molecule has 2 aliphatic rings. The van der Waals surface area contributed by atoms with Gasteiger partial charge in [-0.15, -0.1) is 0 Å². The smallest absolute Gasteiger partial charge is 0.493 e. The largest absolute Gasteiger partial charge is 0.513 e. The highest BCUT2D eigenvalue weighted by Gasteiger charge is 2.28. The van der Waals surface area contributed by atoms with Gasteiger partial charge >= 0.3 is 6.16 Å². The standard InChI is InChI=1S/C28H36N2O6/c1-5-35-28(32)36-23-7-6-21-14-22(24(21)17-23)18-29(2)11-10-27(31)30-12-8-19-15-25(33-3)26(34-4)16-20(19)9-13-30/h6-7,15-17,22H,5,8-14,18H2,1-4H3. The van der Waals surface area contributed by atoms with Crippen LogP contribution in [-0.2, 0) is 28.8 Å². The van der Waals surface area contributed by atoms with Crippen LogP contribution in [0.2, 0.25) is 0 Å². The van der Waals surface area contributed by atoms with Gasteiger partial charge in [0, 0.05) is 38.5 Å². The van der Waals surface area contributed by atoms with Gasteiger partial charge in [0.2, 0.25) is 5.91 Å². The third kappa shape index (κ3) is 5.93. The molecule has 1 aliphatic carbocycles. The predicted octanol–water partition coefficient (Wildman–Crippen LogP) is 3.83. The summed E-state index contributed by atoms with van der Waals surface area (Å²) in [5.74, 6) is 2.52. The van der Waals surface area contributed by atoms with Crippen LogP contribution >= 0.6 is 0 Å². The summed E-state index contributed by atoms with van der Waals surface area (Å²) in [5.41, 5.74) is 4.91. The Balaban J connectivity index is 1.26. The molecule has 1 heterocycles. The summed E-state index contributed by atoms with van der Waals surface area (Å²) in [6.45, 7) is 5.01. The number of ether oxygens (including phenoxy) is 4. The maximum Gasteiger partial charge on any atom is 0.513 e. The third-order valence-corrected chi connectivity index (χ3v) is 7.09. The average Bonchev–Trinajstić information content (AvgIpc) is 3.08. The summed E-state index contributed by atoms with van der Waals surface area (Å²) in [7, 11) is 5.35. The molecule has 1 aliphatic heterocycles. The van der Waals surface area contributed by atoms with E-state index in [0.717, 1.165) is 37.3 Å². The van der Waals surface area contributed by atoms with Crippen molar-refractivity contribution in [1.29, 1.82) is 0 Å². The van der Waals surface area contributed by atoms with E-state index in [1.165, 1.54) is 22.3 Å². The van der Waals surface area contributed by atoms with Crippen LogP contribution in [0.15, 0.2) is 30.3 Å². The summed E-state index contributed by atoms with van der Waals surface area (Å²) in [6.07, 6.45) is 2.42. The lowest BCUT2D eigenvalue weighted by molar-refractivity contribution is -0.131. The maximum atomic E-state index is 13.0. The van der Waals surface area contributed by atoms with Gasteiger partial charge in [0.25, 0.3) is 0 Å². The van der Waals surface area contributed by atoms with Crippen molar-refractivity contribution in [1.82, 2.24) is 9.80 Å². The molecule has 2 aromatic rings. The molecule has 0 spiro atoms. The van der Waals surface area contributed by atoms with Crippen LogP contribution in [0.5, 0.6) is 17.2 Å². The van der Waals surface area contributed by atoms with Crippen molar-refractivity contribution in [2.75, 3.05) is 54.1 Å². The Labute approximate surface area is 213 Å². The van der Waals surface area contributed by atoms with Crippen LogP contribution in [0, 0.1) is 0 Å². The van der Waals surface area contributed by atoms with Crippen molar-refractivity contribution >= 4 is 12.1 Å². The van der Waals surface area contributed by atoms with E-state index in [1.54, 1.807) is 27.2 Å². The van der Waals surface area contributed by atoms with Crippen LogP contribution in [-0.4, -0.2) is 75.9 Å². The quantitative estimate of drug-likeness (QED) is 0.386. The van der Waals surface area contributed by atoms with Gasteiger partial charge in [0.05, 0.1) is 20.8 Å². The molecule has 36 heavy (non-hydrogen) atoms. The average molecular weight is 497 g/mol. The number of hydrogen-bond acceptors (Lipinski definition) is 7. The second-order valence-electron chi connectivity index (χ2n) is 9.42. The van der Waals surface area contributed by atoms with Crippen LogP contribution in [0.4, 0.5) is 4.79 Å². The zero-order valence-electron chi connectivity index (χ0n) is 21.7. The van der Waals surface area contributed by atoms with Gasteiger partial charge in [-0.2, -0.15) is 0 Å². The van der Waals surface area contributed by atoms with E-state index >= 15 is 0 Å². The van der Waals surface area contributed by atoms with E-state index in [9.17, 15) is 9.59 Å². The molecule has 1 amide bonds. The Morgan fingerprint density at radius 2 is 1.67 bits per heavy atom. The first-order valence-corrected chi connectivity index (χ1v) is 12.6. The normalized spacial score (nSPS) is 16.4. The molecule has 0 radical (unpaired) electrons. The van der Waals surface area contributed by atoms with Crippen molar-refractivity contribution in [2.24, 2.45) is 0 Å². The molecule has 8 nitrogen and oxygen atoms in total. The Morgan fingerprint density at radius 1 is 1.00 bits per heavy atom. The lowest BCUT2D eigenvalue weighted by Crippen LogP contribution is -2.37. The fraction of sp³-hybridized carbons (Fsp3) is 0.500. The molecular weight excluding hydrogens is 460 g/mol. The van der Waals surface area contributed by atoms with Gasteiger partial charge in [-0.05, 0) is 79.8 Å². The van der Waals surface area contributed by atoms with Crippen molar-refractivity contribution in [2.45, 2.75) is 38.5 Å². The molecule has 2 aromatic carbocycles. The highest BCUT2D eigenvalue weighted by molar-refractivity contribution is 5.76. The highest BCUT2D eigenvalue weighted by Crippen LogP contribution is 2.38. The SMILES string of the molecule is CCOC(=O)Oc1ccc2c(c1)C(CN(C)CCC(=O)N1CCc3cc(OC)c(OC)cc3CC1)C2. The number of carbonyl (C=O) groups is 2. The number of rotatable bonds is 9. The lowest BCUT2D eigenvalue weighted by atomic mass is 9.77. The number of nitrogens with zero attached hydrogens (tertiary/aromatic N) is 2. The monoisotopic (exact) mass is 496 g/mol. The summed E-state index contributed by atoms with van der Waals surface area (Å²) in [5, 5.41) is 0. The highest BCUT2D eigenvalue weighted by atomic mass is 16.7. The first-order chi connectivity index (χ1) is 17.4. The van der Waals surface area contributed by atoms with E-state index in [2.05, 4.69) is 11.9 Å². The Kier molecular flexibility index (Phi) is 8.36. The van der Waals surface area contributed by atoms with E-state index < -0.39 is 6.16 Å². The van der Waals surface area contributed by atoms with E-state index in [-0.39, 0.29) is 12.5 Å². The van der Waals surface area contributed by atoms with Crippen LogP contribution in [0.3, 0.4) is 0 Å². The Morgan fingerprint density at radius 3 is 2.28 bits per heavy atom. The molecule has 194 valence electrons. The van der Waals surface area contributed by atoms with Gasteiger partial charge in [0.1, 0.15) is 5.75 Å². The number of carbonyl (C=O) groups excluding carboxylic acids is 2. The van der Waals surface area contributed by atoms with Crippen LogP contribution in [0.25, 0.3) is 0 Å². The molecule has 1 unspecified atom stereocenters. The summed E-state index contributed by atoms with van der Waals surface area (Å²) in [4.78, 5) is 28.8. The van der Waals surface area contributed by atoms with Crippen molar-refractivity contribution < 1.29 is 28.5 Å². The molecule has 0 bridgehead atoms. The van der Waals surface area contributed by atoms with Crippen molar-refractivity contribution in [3.05, 3.63) is 52.6 Å². The van der Waals surface area contributed by atoms with Gasteiger partial charge < -0.3 is 28.7 Å². The molecule has 1 atom stereocenters. The zero-order chi connectivity index (χ0) is 25.7. The lowest BCUT2D eigenvalue weighted by Gasteiger charge is -2.34. The number of fused-ring (bicyclic) bond motifs is 2. The fourth-order valence-electron chi connectivity index (χ4n) is 5.07. The summed E-state index contributed by atoms with van der Waals surface area (Å²) in [6, 6.07) is 9.82. The van der Waals surface area contributed by atoms with E-state index in [0.29, 0.717) is 37.7 Å². The number of likely N-dealkylation sites (N-methyl/N-ethyl adjacent to an activating group) is 1. The molecule has 8 heteroatoms. The number of benzene rings is 2. The first kappa shape index (κ1) is 25.8. The minimum Gasteiger partial charge on any atom is -0.493 e. The second-order valence-corrected chi connectivity index (χ2v) is 9.42. The maximum absolute atomic E-state index is 13.0. The summed E-state index contributed by atoms with van der Waals surface area (Å²) < 4.78 is 21.0. The number of amides is 1. The van der Waals surface area contributed by atoms with E-state index in [4.69, 9.17) is 18.9 Å². The van der Waals surface area contributed by atoms with Gasteiger partial charge in [-0.25, -0.2) is 4.79 Å². The van der Waals surface area contributed by atoms with Gasteiger partial charge in [-0.3, -0.25) is 4.79 Å². The van der Waals surface area contributed by atoms with E-state index in [1.807, 2.05) is 29.2 Å². The Hall–Kier alpha value is -3.26. The summed E-state index contributed by atoms with van der Waals surface area (Å²) >= 11 is 0. The molecular formula is C28H36N2O6. The van der Waals surface area contributed by atoms with Gasteiger partial charge in [0.15, 0.2) is 11.5 Å². The van der Waals surface area contributed by atoms with Crippen molar-refractivity contribution in [3.63, 3.8) is 0 Å². The van der Waals surface area contributed by atoms with Crippen molar-refractivity contribution in [3.8, 4) is 17.2 Å². The zero-order valence-corrected chi connectivity index (χ0v) is 21.7. The van der Waals surface area contributed by atoms with Crippen LogP contribution in [0.1, 0.15) is 41.5 Å². The third-order valence-electron chi connectivity index (χ3n) is 7.09. The molecule has 0 saturated heterocycles.